The Bertz CT molecular complexity index is 1250. The number of thiazole rings is 1. The summed E-state index contributed by atoms with van der Waals surface area (Å²) in [6.07, 6.45) is 0. The molecule has 0 saturated carbocycles. The molecule has 9 nitrogen and oxygen atoms in total. The lowest BCUT2D eigenvalue weighted by molar-refractivity contribution is -0.143. The van der Waals surface area contributed by atoms with E-state index in [0.717, 1.165) is 4.70 Å². The van der Waals surface area contributed by atoms with E-state index in [1.165, 1.54) is 25.6 Å². The Morgan fingerprint density at radius 2 is 1.78 bits per heavy atom. The number of benzene rings is 2. The second kappa shape index (κ2) is 9.31. The zero-order chi connectivity index (χ0) is 22.7. The van der Waals surface area contributed by atoms with E-state index in [-0.39, 0.29) is 13.2 Å². The van der Waals surface area contributed by atoms with E-state index in [0.29, 0.717) is 52.1 Å². The number of hydrogen-bond donors (Lipinski definition) is 0. The van der Waals surface area contributed by atoms with Gasteiger partial charge in [0, 0.05) is 17.7 Å². The molecule has 1 aromatic heterocycles. The molecule has 1 aliphatic rings. The number of esters is 1. The van der Waals surface area contributed by atoms with Crippen LogP contribution in [0.15, 0.2) is 35.3 Å². The summed E-state index contributed by atoms with van der Waals surface area (Å²) in [6, 6.07) is 8.43. The number of fused-ring (bicyclic) bond motifs is 2. The number of nitrogens with zero attached hydrogens (tertiary/aromatic N) is 2. The lowest BCUT2D eigenvalue weighted by atomic mass is 10.2. The van der Waals surface area contributed by atoms with E-state index in [4.69, 9.17) is 23.7 Å². The Balaban J connectivity index is 1.81. The van der Waals surface area contributed by atoms with E-state index >= 15 is 0 Å². The van der Waals surface area contributed by atoms with Crippen LogP contribution in [0.4, 0.5) is 0 Å². The number of rotatable bonds is 6. The molecule has 0 unspecified atom stereocenters. The third kappa shape index (κ3) is 4.26. The highest BCUT2D eigenvalue weighted by molar-refractivity contribution is 7.16. The minimum atomic E-state index is -0.479. The largest absolute Gasteiger partial charge is 0.493 e. The van der Waals surface area contributed by atoms with E-state index in [2.05, 4.69) is 4.99 Å². The quantitative estimate of drug-likeness (QED) is 0.524. The molecule has 2 heterocycles. The van der Waals surface area contributed by atoms with Crippen LogP contribution in [0.2, 0.25) is 0 Å². The number of aromatic nitrogens is 1. The second-order valence-corrected chi connectivity index (χ2v) is 7.74. The minimum absolute atomic E-state index is 0.0917. The number of ether oxygens (including phenoxy) is 5. The molecule has 0 N–H and O–H groups in total. The van der Waals surface area contributed by atoms with Gasteiger partial charge in [0.05, 0.1) is 31.0 Å². The fraction of sp³-hybridized carbons (Fsp3) is 0.318. The average Bonchev–Trinajstić information content (AvgIpc) is 3.12. The standard InChI is InChI=1S/C22H22N2O7S/c1-4-29-20(25)12-24-14-10-17-18(31-8-7-30-17)11-19(14)32-22(24)23-21(26)13-5-6-15(27-2)16(9-13)28-3/h5-6,9-11H,4,7-8,12H2,1-3H3. The molecule has 0 aliphatic carbocycles. The first-order valence-corrected chi connectivity index (χ1v) is 10.8. The number of hydrogen-bond acceptors (Lipinski definition) is 8. The van der Waals surface area contributed by atoms with Crippen LogP contribution in [0.5, 0.6) is 23.0 Å². The summed E-state index contributed by atoms with van der Waals surface area (Å²) >= 11 is 1.27. The highest BCUT2D eigenvalue weighted by Crippen LogP contribution is 2.35. The van der Waals surface area contributed by atoms with Gasteiger partial charge in [-0.2, -0.15) is 4.99 Å². The predicted molar refractivity (Wildman–Crippen MR) is 117 cm³/mol. The Kier molecular flexibility index (Phi) is 6.31. The van der Waals surface area contributed by atoms with Crippen LogP contribution in [0.3, 0.4) is 0 Å². The maximum atomic E-state index is 12.9. The van der Waals surface area contributed by atoms with E-state index < -0.39 is 11.9 Å². The van der Waals surface area contributed by atoms with Crippen LogP contribution in [0.25, 0.3) is 10.2 Å². The Labute approximate surface area is 187 Å². The lowest BCUT2D eigenvalue weighted by Gasteiger charge is -2.18. The summed E-state index contributed by atoms with van der Waals surface area (Å²) in [5.41, 5.74) is 1.03. The van der Waals surface area contributed by atoms with Crippen LogP contribution >= 0.6 is 11.3 Å². The van der Waals surface area contributed by atoms with Crippen molar-refractivity contribution in [2.45, 2.75) is 13.5 Å². The van der Waals surface area contributed by atoms with Crippen molar-refractivity contribution >= 4 is 33.4 Å². The third-order valence-electron chi connectivity index (χ3n) is 4.77. The molecule has 1 amide bonds. The zero-order valence-electron chi connectivity index (χ0n) is 17.9. The smallest absolute Gasteiger partial charge is 0.326 e. The van der Waals surface area contributed by atoms with Crippen molar-refractivity contribution in [3.05, 3.63) is 40.7 Å². The molecule has 0 fully saturated rings. The molecule has 0 spiro atoms. The summed E-state index contributed by atoms with van der Waals surface area (Å²) in [5, 5.41) is 0. The fourth-order valence-electron chi connectivity index (χ4n) is 3.30. The summed E-state index contributed by atoms with van der Waals surface area (Å²) < 4.78 is 29.4. The first-order valence-electron chi connectivity index (χ1n) is 9.93. The van der Waals surface area contributed by atoms with Crippen molar-refractivity contribution in [2.75, 3.05) is 34.0 Å². The Hall–Kier alpha value is -3.53. The second-order valence-electron chi connectivity index (χ2n) is 6.73. The van der Waals surface area contributed by atoms with Gasteiger partial charge in [0.1, 0.15) is 19.8 Å². The van der Waals surface area contributed by atoms with E-state index in [1.807, 2.05) is 6.07 Å². The number of carbonyl (C=O) groups is 2. The van der Waals surface area contributed by atoms with Crippen molar-refractivity contribution in [2.24, 2.45) is 4.99 Å². The normalized spacial score (nSPS) is 13.2. The van der Waals surface area contributed by atoms with Crippen LogP contribution in [-0.4, -0.2) is 50.5 Å². The van der Waals surface area contributed by atoms with Gasteiger partial charge in [-0.25, -0.2) is 0 Å². The van der Waals surface area contributed by atoms with Crippen molar-refractivity contribution in [1.29, 1.82) is 0 Å². The molecule has 168 valence electrons. The van der Waals surface area contributed by atoms with Gasteiger partial charge in [-0.15, -0.1) is 0 Å². The molecule has 2 aromatic carbocycles. The molecule has 0 atom stereocenters. The molecule has 0 saturated heterocycles. The van der Waals surface area contributed by atoms with Gasteiger partial charge in [0.25, 0.3) is 5.91 Å². The maximum absolute atomic E-state index is 12.9. The van der Waals surface area contributed by atoms with Gasteiger partial charge in [-0.3, -0.25) is 9.59 Å². The number of methoxy groups -OCH3 is 2. The summed E-state index contributed by atoms with van der Waals surface area (Å²) in [4.78, 5) is 29.8. The molecule has 0 bridgehead atoms. The molecular formula is C22H22N2O7S. The summed E-state index contributed by atoms with van der Waals surface area (Å²) in [5.74, 6) is 1.22. The van der Waals surface area contributed by atoms with Crippen molar-refractivity contribution in [3.8, 4) is 23.0 Å². The molecule has 4 rings (SSSR count). The topological polar surface area (TPSA) is 97.6 Å². The highest BCUT2D eigenvalue weighted by atomic mass is 32.1. The molecule has 32 heavy (non-hydrogen) atoms. The Morgan fingerprint density at radius 3 is 2.47 bits per heavy atom. The highest BCUT2D eigenvalue weighted by Gasteiger charge is 2.19. The zero-order valence-corrected chi connectivity index (χ0v) is 18.7. The van der Waals surface area contributed by atoms with Crippen molar-refractivity contribution < 1.29 is 33.3 Å². The van der Waals surface area contributed by atoms with Crippen molar-refractivity contribution in [1.82, 2.24) is 4.57 Å². The Morgan fingerprint density at radius 1 is 1.06 bits per heavy atom. The molecule has 0 radical (unpaired) electrons. The molecular weight excluding hydrogens is 436 g/mol. The molecule has 1 aliphatic heterocycles. The third-order valence-corrected chi connectivity index (χ3v) is 5.81. The van der Waals surface area contributed by atoms with Crippen LogP contribution < -0.4 is 23.7 Å². The predicted octanol–water partition coefficient (Wildman–Crippen LogP) is 2.80. The van der Waals surface area contributed by atoms with Crippen molar-refractivity contribution in [3.63, 3.8) is 0 Å². The first-order chi connectivity index (χ1) is 15.5. The molecule has 10 heteroatoms. The average molecular weight is 458 g/mol. The van der Waals surface area contributed by atoms with Gasteiger partial charge in [-0.05, 0) is 25.1 Å². The lowest BCUT2D eigenvalue weighted by Crippen LogP contribution is -2.23. The van der Waals surface area contributed by atoms with E-state index in [9.17, 15) is 9.59 Å². The monoisotopic (exact) mass is 458 g/mol. The summed E-state index contributed by atoms with van der Waals surface area (Å²) in [6.45, 7) is 2.80. The molecule has 3 aromatic rings. The van der Waals surface area contributed by atoms with Gasteiger partial charge in [0.2, 0.25) is 0 Å². The SMILES string of the molecule is CCOC(=O)Cn1c(=NC(=O)c2ccc(OC)c(OC)c2)sc2cc3c(cc21)OCCO3. The fourth-order valence-corrected chi connectivity index (χ4v) is 4.34. The first kappa shape index (κ1) is 21.7. The van der Waals surface area contributed by atoms with Crippen LogP contribution in [-0.2, 0) is 16.1 Å². The van der Waals surface area contributed by atoms with Gasteiger partial charge >= 0.3 is 5.97 Å². The van der Waals surface area contributed by atoms with Gasteiger partial charge < -0.3 is 28.3 Å². The number of carbonyl (C=O) groups excluding carboxylic acids is 2. The minimum Gasteiger partial charge on any atom is -0.493 e. The van der Waals surface area contributed by atoms with Gasteiger partial charge in [-0.1, -0.05) is 11.3 Å². The van der Waals surface area contributed by atoms with Crippen LogP contribution in [0, 0.1) is 0 Å². The maximum Gasteiger partial charge on any atom is 0.326 e. The van der Waals surface area contributed by atoms with E-state index in [1.54, 1.807) is 35.8 Å². The van der Waals surface area contributed by atoms with Gasteiger partial charge in [0.15, 0.2) is 27.8 Å². The summed E-state index contributed by atoms with van der Waals surface area (Å²) in [7, 11) is 3.01. The number of amides is 1. The van der Waals surface area contributed by atoms with Crippen LogP contribution in [0.1, 0.15) is 17.3 Å².